The topological polar surface area (TPSA) is 21.3 Å². The van der Waals surface area contributed by atoms with Crippen LogP contribution >= 0.6 is 0 Å². The fourth-order valence-corrected chi connectivity index (χ4v) is 1.23. The molecule has 0 amide bonds. The molecule has 1 N–H and O–H groups in total. The van der Waals surface area contributed by atoms with Crippen molar-refractivity contribution >= 4 is 0 Å². The highest BCUT2D eigenvalue weighted by Gasteiger charge is 2.23. The standard InChI is InChI=1S/C13H15NO/c1-14-10-2-3-11-4-6-12(7-5-11)15-13-8-9-13/h4-7,13-14H,8-10H2,1H3. The summed E-state index contributed by atoms with van der Waals surface area (Å²) in [6.07, 6.45) is 2.86. The lowest BCUT2D eigenvalue weighted by molar-refractivity contribution is 0.303. The van der Waals surface area contributed by atoms with Gasteiger partial charge in [-0.2, -0.15) is 0 Å². The molecule has 1 fully saturated rings. The Labute approximate surface area is 90.6 Å². The molecule has 0 spiro atoms. The van der Waals surface area contributed by atoms with Gasteiger partial charge in [-0.1, -0.05) is 11.8 Å². The van der Waals surface area contributed by atoms with E-state index < -0.39 is 0 Å². The molecule has 0 heterocycles. The first-order valence-corrected chi connectivity index (χ1v) is 5.28. The smallest absolute Gasteiger partial charge is 0.119 e. The minimum absolute atomic E-state index is 0.464. The van der Waals surface area contributed by atoms with Crippen molar-refractivity contribution in [2.45, 2.75) is 18.9 Å². The third-order valence-corrected chi connectivity index (χ3v) is 2.18. The van der Waals surface area contributed by atoms with E-state index in [2.05, 4.69) is 17.2 Å². The van der Waals surface area contributed by atoms with Crippen LogP contribution in [0, 0.1) is 11.8 Å². The van der Waals surface area contributed by atoms with Crippen LogP contribution in [0.15, 0.2) is 24.3 Å². The molecule has 0 bridgehead atoms. The lowest BCUT2D eigenvalue weighted by Gasteiger charge is -2.02. The van der Waals surface area contributed by atoms with Crippen LogP contribution in [0.25, 0.3) is 0 Å². The maximum atomic E-state index is 5.65. The molecule has 0 radical (unpaired) electrons. The number of benzene rings is 1. The van der Waals surface area contributed by atoms with Crippen LogP contribution in [0.2, 0.25) is 0 Å². The van der Waals surface area contributed by atoms with Crippen molar-refractivity contribution in [2.75, 3.05) is 13.6 Å². The minimum Gasteiger partial charge on any atom is -0.490 e. The molecule has 2 nitrogen and oxygen atoms in total. The molecule has 1 aliphatic carbocycles. The first-order chi connectivity index (χ1) is 7.38. The van der Waals surface area contributed by atoms with E-state index in [4.69, 9.17) is 4.74 Å². The van der Waals surface area contributed by atoms with Gasteiger partial charge in [0.15, 0.2) is 0 Å². The number of rotatable bonds is 3. The Morgan fingerprint density at radius 3 is 2.67 bits per heavy atom. The normalized spacial score (nSPS) is 14.2. The highest BCUT2D eigenvalue weighted by molar-refractivity contribution is 5.38. The molecule has 2 rings (SSSR count). The Balaban J connectivity index is 1.94. The van der Waals surface area contributed by atoms with Crippen molar-refractivity contribution in [3.63, 3.8) is 0 Å². The van der Waals surface area contributed by atoms with E-state index in [1.165, 1.54) is 12.8 Å². The molecule has 0 saturated heterocycles. The van der Waals surface area contributed by atoms with Gasteiger partial charge in [-0.15, -0.1) is 0 Å². The van der Waals surface area contributed by atoms with Crippen LogP contribution in [-0.2, 0) is 0 Å². The summed E-state index contributed by atoms with van der Waals surface area (Å²) >= 11 is 0. The van der Waals surface area contributed by atoms with E-state index in [0.717, 1.165) is 17.9 Å². The lowest BCUT2D eigenvalue weighted by atomic mass is 10.2. The third kappa shape index (κ3) is 3.30. The fourth-order valence-electron chi connectivity index (χ4n) is 1.23. The minimum atomic E-state index is 0.464. The molecule has 0 aliphatic heterocycles. The molecule has 0 atom stereocenters. The molecule has 1 aromatic rings. The highest BCUT2D eigenvalue weighted by atomic mass is 16.5. The van der Waals surface area contributed by atoms with Crippen LogP contribution in [0.4, 0.5) is 0 Å². The van der Waals surface area contributed by atoms with Crippen LogP contribution in [-0.4, -0.2) is 19.7 Å². The molecule has 1 aromatic carbocycles. The van der Waals surface area contributed by atoms with E-state index in [-0.39, 0.29) is 0 Å². The second-order valence-corrected chi connectivity index (χ2v) is 3.67. The summed E-state index contributed by atoms with van der Waals surface area (Å²) in [5, 5.41) is 2.99. The molecular weight excluding hydrogens is 186 g/mol. The van der Waals surface area contributed by atoms with Gasteiger partial charge in [0, 0.05) is 5.56 Å². The molecular formula is C13H15NO. The zero-order valence-corrected chi connectivity index (χ0v) is 8.92. The van der Waals surface area contributed by atoms with Crippen molar-refractivity contribution < 1.29 is 4.74 Å². The van der Waals surface area contributed by atoms with Gasteiger partial charge >= 0.3 is 0 Å². The van der Waals surface area contributed by atoms with Crippen LogP contribution in [0.1, 0.15) is 18.4 Å². The van der Waals surface area contributed by atoms with Gasteiger partial charge in [0.1, 0.15) is 5.75 Å². The Morgan fingerprint density at radius 2 is 2.07 bits per heavy atom. The van der Waals surface area contributed by atoms with E-state index >= 15 is 0 Å². The summed E-state index contributed by atoms with van der Waals surface area (Å²) in [6, 6.07) is 7.98. The fraction of sp³-hybridized carbons (Fsp3) is 0.385. The summed E-state index contributed by atoms with van der Waals surface area (Å²) in [5.41, 5.74) is 1.04. The maximum absolute atomic E-state index is 5.65. The van der Waals surface area contributed by atoms with Crippen LogP contribution in [0.3, 0.4) is 0 Å². The first-order valence-electron chi connectivity index (χ1n) is 5.28. The van der Waals surface area contributed by atoms with Crippen molar-refractivity contribution in [3.05, 3.63) is 29.8 Å². The molecule has 78 valence electrons. The van der Waals surface area contributed by atoms with Gasteiger partial charge in [0.05, 0.1) is 12.6 Å². The highest BCUT2D eigenvalue weighted by Crippen LogP contribution is 2.26. The average molecular weight is 201 g/mol. The zero-order valence-electron chi connectivity index (χ0n) is 8.92. The second kappa shape index (κ2) is 4.86. The van der Waals surface area contributed by atoms with Crippen molar-refractivity contribution in [1.82, 2.24) is 5.32 Å². The average Bonchev–Trinajstić information content (AvgIpc) is 3.05. The number of hydrogen-bond donors (Lipinski definition) is 1. The van der Waals surface area contributed by atoms with Gasteiger partial charge in [-0.25, -0.2) is 0 Å². The molecule has 0 aromatic heterocycles. The van der Waals surface area contributed by atoms with Crippen molar-refractivity contribution in [3.8, 4) is 17.6 Å². The largest absolute Gasteiger partial charge is 0.490 e. The monoisotopic (exact) mass is 201 g/mol. The van der Waals surface area contributed by atoms with Gasteiger partial charge in [-0.05, 0) is 44.2 Å². The van der Waals surface area contributed by atoms with Gasteiger partial charge < -0.3 is 10.1 Å². The van der Waals surface area contributed by atoms with Crippen molar-refractivity contribution in [2.24, 2.45) is 0 Å². The predicted molar refractivity (Wildman–Crippen MR) is 60.9 cm³/mol. The third-order valence-electron chi connectivity index (χ3n) is 2.18. The first kappa shape index (κ1) is 10.1. The summed E-state index contributed by atoms with van der Waals surface area (Å²) in [7, 11) is 1.89. The van der Waals surface area contributed by atoms with Gasteiger partial charge in [0.25, 0.3) is 0 Å². The quantitative estimate of drug-likeness (QED) is 0.753. The van der Waals surface area contributed by atoms with Crippen molar-refractivity contribution in [1.29, 1.82) is 0 Å². The number of hydrogen-bond acceptors (Lipinski definition) is 2. The van der Waals surface area contributed by atoms with Crippen LogP contribution in [0.5, 0.6) is 5.75 Å². The summed E-state index contributed by atoms with van der Waals surface area (Å²) in [5.74, 6) is 7.05. The Morgan fingerprint density at radius 1 is 1.33 bits per heavy atom. The number of ether oxygens (including phenoxy) is 1. The number of nitrogens with one attached hydrogen (secondary N) is 1. The van der Waals surface area contributed by atoms with Gasteiger partial charge in [0.2, 0.25) is 0 Å². The summed E-state index contributed by atoms with van der Waals surface area (Å²) < 4.78 is 5.65. The predicted octanol–water partition coefficient (Wildman–Crippen LogP) is 1.80. The Hall–Kier alpha value is -1.46. The molecule has 1 aliphatic rings. The maximum Gasteiger partial charge on any atom is 0.119 e. The van der Waals surface area contributed by atoms with Crippen LogP contribution < -0.4 is 10.1 Å². The zero-order chi connectivity index (χ0) is 10.5. The molecule has 2 heteroatoms. The Bertz CT molecular complexity index is 368. The van der Waals surface area contributed by atoms with E-state index in [1.807, 2.05) is 31.3 Å². The van der Waals surface area contributed by atoms with E-state index in [9.17, 15) is 0 Å². The SMILES string of the molecule is CNCC#Cc1ccc(OC2CC2)cc1. The Kier molecular flexibility index (Phi) is 3.26. The second-order valence-electron chi connectivity index (χ2n) is 3.67. The van der Waals surface area contributed by atoms with Gasteiger partial charge in [-0.3, -0.25) is 0 Å². The molecule has 1 saturated carbocycles. The molecule has 15 heavy (non-hydrogen) atoms. The summed E-state index contributed by atoms with van der Waals surface area (Å²) in [6.45, 7) is 0.723. The lowest BCUT2D eigenvalue weighted by Crippen LogP contribution is -2.04. The van der Waals surface area contributed by atoms with E-state index in [1.54, 1.807) is 0 Å². The molecule has 0 unspecified atom stereocenters. The summed E-state index contributed by atoms with van der Waals surface area (Å²) in [4.78, 5) is 0. The van der Waals surface area contributed by atoms with E-state index in [0.29, 0.717) is 6.10 Å².